The summed E-state index contributed by atoms with van der Waals surface area (Å²) in [5.74, 6) is 0.824. The van der Waals surface area contributed by atoms with Gasteiger partial charge in [0.05, 0.1) is 22.1 Å². The number of carbonyl (C=O) groups excluding carboxylic acids is 3. The lowest BCUT2D eigenvalue weighted by molar-refractivity contribution is -0.139. The van der Waals surface area contributed by atoms with Gasteiger partial charge >= 0.3 is 0 Å². The summed E-state index contributed by atoms with van der Waals surface area (Å²) in [6.45, 7) is 2.69. The lowest BCUT2D eigenvalue weighted by Crippen LogP contribution is -2.51. The average Bonchev–Trinajstić information content (AvgIpc) is 4.00. The van der Waals surface area contributed by atoms with Crippen LogP contribution in [-0.2, 0) is 23.7 Å². The average molecular weight is 735 g/mol. The Morgan fingerprint density at radius 3 is 1.78 bits per heavy atom. The van der Waals surface area contributed by atoms with Gasteiger partial charge in [-0.2, -0.15) is 0 Å². The van der Waals surface area contributed by atoms with Gasteiger partial charge in [0.25, 0.3) is 5.91 Å². The number of rotatable bonds is 8. The lowest BCUT2D eigenvalue weighted by Gasteiger charge is -2.31. The number of nitrogens with zero attached hydrogens (tertiary/aromatic N) is 6. The number of nitrogens with two attached hydrogens (primary N) is 1. The molecular formula is C42H42N10O3. The van der Waals surface area contributed by atoms with E-state index in [1.165, 1.54) is 0 Å². The molecule has 13 heteroatoms. The van der Waals surface area contributed by atoms with Crippen LogP contribution < -0.4 is 11.1 Å². The number of benzene rings is 4. The van der Waals surface area contributed by atoms with E-state index in [1.807, 2.05) is 90.0 Å². The summed E-state index contributed by atoms with van der Waals surface area (Å²) in [7, 11) is 3.85. The third-order valence-electron chi connectivity index (χ3n) is 10.9. The van der Waals surface area contributed by atoms with E-state index in [-0.39, 0.29) is 23.6 Å². The Kier molecular flexibility index (Phi) is 9.00. The van der Waals surface area contributed by atoms with Gasteiger partial charge in [0.15, 0.2) is 0 Å². The fraction of sp³-hybridized carbons (Fsp3) is 0.262. The van der Waals surface area contributed by atoms with Crippen LogP contribution in [0.25, 0.3) is 44.8 Å². The van der Waals surface area contributed by atoms with Crippen molar-refractivity contribution in [3.05, 3.63) is 102 Å². The molecule has 55 heavy (non-hydrogen) atoms. The van der Waals surface area contributed by atoms with Crippen molar-refractivity contribution in [3.8, 4) is 22.8 Å². The van der Waals surface area contributed by atoms with Crippen LogP contribution in [0.1, 0.15) is 54.1 Å². The minimum Gasteiger partial charge on any atom is -0.384 e. The molecule has 13 nitrogen and oxygen atoms in total. The Balaban J connectivity index is 0.934. The monoisotopic (exact) mass is 734 g/mol. The van der Waals surface area contributed by atoms with E-state index >= 15 is 0 Å². The molecule has 6 aromatic rings. The maximum atomic E-state index is 14.1. The fourth-order valence-corrected chi connectivity index (χ4v) is 7.91. The summed E-state index contributed by atoms with van der Waals surface area (Å²) in [5, 5.41) is 18.8. The number of hydrogen-bond donors (Lipinski definition) is 4. The Morgan fingerprint density at radius 1 is 0.691 bits per heavy atom. The van der Waals surface area contributed by atoms with Crippen LogP contribution in [0.4, 0.5) is 5.69 Å². The van der Waals surface area contributed by atoms with Gasteiger partial charge in [0.1, 0.15) is 29.6 Å². The standard InChI is InChI=1S/C42H42N10O3/c1-24(43)28-14-18-31-35(22-28)49(2)39(47-31)26-12-16-30(17-13-26)46-40(53)33-6-4-20-51(33)42(55)34-7-5-21-52(34)41(54)27-10-8-25(9-11-27)38-48-32-19-15-29(37(44)45)23-36(32)50(38)3/h8-19,22-23,33-34,43H,4-7,20-21H2,1-3H3,(H3,44,45)(H,46,53)/t33-,34-/m0/s1. The topological polar surface area (TPSA) is 179 Å². The summed E-state index contributed by atoms with van der Waals surface area (Å²) in [4.78, 5) is 54.4. The number of likely N-dealkylation sites (tertiary alicyclic amines) is 2. The van der Waals surface area contributed by atoms with E-state index < -0.39 is 12.1 Å². The Morgan fingerprint density at radius 2 is 1.20 bits per heavy atom. The summed E-state index contributed by atoms with van der Waals surface area (Å²) in [5.41, 5.74) is 13.9. The van der Waals surface area contributed by atoms with Crippen LogP contribution >= 0.6 is 0 Å². The first-order valence-electron chi connectivity index (χ1n) is 18.4. The molecule has 0 bridgehead atoms. The van der Waals surface area contributed by atoms with Gasteiger partial charge in [-0.25, -0.2) is 9.97 Å². The van der Waals surface area contributed by atoms with Crippen molar-refractivity contribution in [3.63, 3.8) is 0 Å². The predicted molar refractivity (Wildman–Crippen MR) is 213 cm³/mol. The maximum Gasteiger partial charge on any atom is 0.254 e. The van der Waals surface area contributed by atoms with Gasteiger partial charge in [-0.15, -0.1) is 0 Å². The zero-order chi connectivity index (χ0) is 38.5. The second kappa shape index (κ2) is 14.0. The molecule has 0 aliphatic carbocycles. The first-order chi connectivity index (χ1) is 26.5. The van der Waals surface area contributed by atoms with Crippen LogP contribution in [0, 0.1) is 10.8 Å². The number of imidazole rings is 2. The molecule has 2 aliphatic heterocycles. The van der Waals surface area contributed by atoms with Gasteiger partial charge in [-0.1, -0.05) is 18.2 Å². The van der Waals surface area contributed by atoms with Crippen LogP contribution in [0.15, 0.2) is 84.9 Å². The van der Waals surface area contributed by atoms with Crippen molar-refractivity contribution in [1.82, 2.24) is 28.9 Å². The van der Waals surface area contributed by atoms with Gasteiger partial charge < -0.3 is 35.4 Å². The number of nitrogens with one attached hydrogen (secondary N) is 3. The smallest absolute Gasteiger partial charge is 0.254 e. The number of amides is 3. The van der Waals surface area contributed by atoms with E-state index in [2.05, 4.69) is 5.32 Å². The molecule has 2 saturated heterocycles. The van der Waals surface area contributed by atoms with Crippen LogP contribution in [0.3, 0.4) is 0 Å². The Bertz CT molecular complexity index is 2530. The van der Waals surface area contributed by atoms with Gasteiger partial charge in [-0.3, -0.25) is 19.8 Å². The molecule has 8 rings (SSSR count). The largest absolute Gasteiger partial charge is 0.384 e. The summed E-state index contributed by atoms with van der Waals surface area (Å²) in [6, 6.07) is 24.7. The molecule has 4 heterocycles. The quantitative estimate of drug-likeness (QED) is 0.115. The van der Waals surface area contributed by atoms with Crippen LogP contribution in [-0.4, -0.2) is 83.3 Å². The summed E-state index contributed by atoms with van der Waals surface area (Å²) < 4.78 is 3.94. The first-order valence-corrected chi connectivity index (χ1v) is 18.4. The van der Waals surface area contributed by atoms with E-state index in [9.17, 15) is 14.4 Å². The lowest BCUT2D eigenvalue weighted by atomic mass is 10.1. The zero-order valence-electron chi connectivity index (χ0n) is 31.0. The number of aromatic nitrogens is 4. The van der Waals surface area contributed by atoms with Gasteiger partial charge in [-0.05, 0) is 105 Å². The number of fused-ring (bicyclic) bond motifs is 2. The number of aryl methyl sites for hydroxylation is 2. The highest BCUT2D eigenvalue weighted by molar-refractivity contribution is 6.02. The van der Waals surface area contributed by atoms with E-state index in [0.717, 1.165) is 44.6 Å². The van der Waals surface area contributed by atoms with Gasteiger partial charge in [0.2, 0.25) is 11.8 Å². The zero-order valence-corrected chi connectivity index (χ0v) is 31.0. The number of hydrogen-bond acceptors (Lipinski definition) is 7. The highest BCUT2D eigenvalue weighted by Crippen LogP contribution is 2.30. The molecule has 0 saturated carbocycles. The van der Waals surface area contributed by atoms with E-state index in [4.69, 9.17) is 26.5 Å². The number of amidine groups is 1. The second-order valence-electron chi connectivity index (χ2n) is 14.4. The van der Waals surface area contributed by atoms with Crippen molar-refractivity contribution in [2.75, 3.05) is 18.4 Å². The van der Waals surface area contributed by atoms with Crippen molar-refractivity contribution in [2.24, 2.45) is 19.8 Å². The predicted octanol–water partition coefficient (Wildman–Crippen LogP) is 5.70. The minimum atomic E-state index is -0.637. The molecule has 5 N–H and O–H groups in total. The molecule has 278 valence electrons. The molecule has 2 aromatic heterocycles. The molecule has 2 aliphatic rings. The Labute approximate surface area is 317 Å². The molecule has 2 atom stereocenters. The Hall–Kier alpha value is -6.63. The van der Waals surface area contributed by atoms with Crippen molar-refractivity contribution >= 4 is 57.0 Å². The first kappa shape index (κ1) is 35.4. The molecule has 0 radical (unpaired) electrons. The van der Waals surface area contributed by atoms with Crippen molar-refractivity contribution < 1.29 is 14.4 Å². The summed E-state index contributed by atoms with van der Waals surface area (Å²) >= 11 is 0. The SMILES string of the molecule is CC(=N)c1ccc2nc(-c3ccc(NC(=O)[C@@H]4CCCN4C(=O)[C@@H]4CCCN4C(=O)c4ccc(-c5nc6ccc(C(=N)N)cc6n5C)cc4)cc3)n(C)c2c1. The third-order valence-corrected chi connectivity index (χ3v) is 10.9. The highest BCUT2D eigenvalue weighted by atomic mass is 16.2. The molecule has 3 amide bonds. The molecule has 4 aromatic carbocycles. The molecule has 0 spiro atoms. The molecule has 0 unspecified atom stereocenters. The number of nitrogen functional groups attached to an aromatic ring is 1. The third kappa shape index (κ3) is 6.41. The van der Waals surface area contributed by atoms with Crippen LogP contribution in [0.5, 0.6) is 0 Å². The van der Waals surface area contributed by atoms with Crippen LogP contribution in [0.2, 0.25) is 0 Å². The molecular weight excluding hydrogens is 693 g/mol. The normalized spacial score (nSPS) is 16.9. The maximum absolute atomic E-state index is 14.1. The number of carbonyl (C=O) groups is 3. The second-order valence-corrected chi connectivity index (χ2v) is 14.4. The highest BCUT2D eigenvalue weighted by Gasteiger charge is 2.42. The van der Waals surface area contributed by atoms with Gasteiger partial charge in [0, 0.05) is 60.8 Å². The fourth-order valence-electron chi connectivity index (χ4n) is 7.91. The van der Waals surface area contributed by atoms with Crippen molar-refractivity contribution in [2.45, 2.75) is 44.7 Å². The molecule has 2 fully saturated rings. The number of anilines is 1. The minimum absolute atomic E-state index is 0.0114. The van der Waals surface area contributed by atoms with E-state index in [0.29, 0.717) is 67.1 Å². The van der Waals surface area contributed by atoms with Crippen molar-refractivity contribution in [1.29, 1.82) is 10.8 Å². The summed E-state index contributed by atoms with van der Waals surface area (Å²) in [6.07, 6.45) is 2.50. The van der Waals surface area contributed by atoms with E-state index in [1.54, 1.807) is 34.9 Å².